The fraction of sp³-hybridized carbons (Fsp3) is 0.900. The van der Waals surface area contributed by atoms with Crippen LogP contribution in [0.15, 0.2) is 0 Å². The first kappa shape index (κ1) is 10.5. The van der Waals surface area contributed by atoms with Crippen LogP contribution in [0.4, 0.5) is 0 Å². The van der Waals surface area contributed by atoms with E-state index in [0.29, 0.717) is 0 Å². The Labute approximate surface area is 79.4 Å². The van der Waals surface area contributed by atoms with E-state index in [1.807, 2.05) is 13.8 Å². The lowest BCUT2D eigenvalue weighted by Gasteiger charge is -2.26. The molecule has 1 aliphatic heterocycles. The van der Waals surface area contributed by atoms with Crippen molar-refractivity contribution >= 4 is 5.97 Å². The van der Waals surface area contributed by atoms with Gasteiger partial charge in [-0.05, 0) is 26.7 Å². The molecule has 3 nitrogen and oxygen atoms in total. The molecule has 3 heteroatoms. The number of hydrogen-bond acceptors (Lipinski definition) is 3. The minimum Gasteiger partial charge on any atom is -0.460 e. The second-order valence-corrected chi connectivity index (χ2v) is 4.19. The molecule has 1 rings (SSSR count). The Morgan fingerprint density at radius 2 is 2.31 bits per heavy atom. The van der Waals surface area contributed by atoms with E-state index in [-0.39, 0.29) is 17.7 Å². The largest absolute Gasteiger partial charge is 0.460 e. The molecule has 0 saturated carbocycles. The van der Waals surface area contributed by atoms with Crippen molar-refractivity contribution in [1.29, 1.82) is 0 Å². The van der Waals surface area contributed by atoms with Gasteiger partial charge in [-0.1, -0.05) is 0 Å². The molecule has 1 unspecified atom stereocenters. The van der Waals surface area contributed by atoms with Crippen molar-refractivity contribution in [2.45, 2.75) is 51.7 Å². The maximum absolute atomic E-state index is 10.8. The van der Waals surface area contributed by atoms with Crippen molar-refractivity contribution in [3.8, 4) is 0 Å². The first-order valence-electron chi connectivity index (χ1n) is 4.81. The smallest absolute Gasteiger partial charge is 0.303 e. The summed E-state index contributed by atoms with van der Waals surface area (Å²) in [7, 11) is 0. The summed E-state index contributed by atoms with van der Waals surface area (Å²) >= 11 is 0. The van der Waals surface area contributed by atoms with Crippen LogP contribution in [0.5, 0.6) is 0 Å². The molecular formula is C10H18O3. The second-order valence-electron chi connectivity index (χ2n) is 4.19. The summed E-state index contributed by atoms with van der Waals surface area (Å²) in [6, 6.07) is 0. The monoisotopic (exact) mass is 186 g/mol. The Kier molecular flexibility index (Phi) is 3.31. The number of hydrogen-bond donors (Lipinski definition) is 0. The van der Waals surface area contributed by atoms with Gasteiger partial charge >= 0.3 is 5.97 Å². The Bertz CT molecular complexity index is 181. The van der Waals surface area contributed by atoms with Gasteiger partial charge in [0, 0.05) is 20.0 Å². The molecule has 0 N–H and O–H groups in total. The van der Waals surface area contributed by atoms with Gasteiger partial charge in [-0.2, -0.15) is 0 Å². The minimum atomic E-state index is -0.388. The third-order valence-electron chi connectivity index (χ3n) is 2.16. The van der Waals surface area contributed by atoms with E-state index in [2.05, 4.69) is 0 Å². The lowest BCUT2D eigenvalue weighted by Crippen LogP contribution is -2.31. The summed E-state index contributed by atoms with van der Waals surface area (Å²) < 4.78 is 10.7. The van der Waals surface area contributed by atoms with E-state index in [9.17, 15) is 4.79 Å². The third-order valence-corrected chi connectivity index (χ3v) is 2.16. The quantitative estimate of drug-likeness (QED) is 0.631. The summed E-state index contributed by atoms with van der Waals surface area (Å²) in [4.78, 5) is 10.8. The lowest BCUT2D eigenvalue weighted by molar-refractivity contribution is -0.156. The standard InChI is InChI=1S/C10H18O3/c1-8(11)13-10(2,3)7-9-5-4-6-12-9/h9H,4-7H2,1-3H3. The molecule has 76 valence electrons. The van der Waals surface area contributed by atoms with Crippen molar-refractivity contribution in [3.05, 3.63) is 0 Å². The fourth-order valence-corrected chi connectivity index (χ4v) is 1.78. The van der Waals surface area contributed by atoms with Gasteiger partial charge in [-0.15, -0.1) is 0 Å². The normalized spacial score (nSPS) is 23.2. The predicted molar refractivity (Wildman–Crippen MR) is 49.4 cm³/mol. The lowest BCUT2D eigenvalue weighted by atomic mass is 9.99. The molecule has 0 spiro atoms. The first-order valence-corrected chi connectivity index (χ1v) is 4.81. The van der Waals surface area contributed by atoms with Crippen molar-refractivity contribution in [3.63, 3.8) is 0 Å². The van der Waals surface area contributed by atoms with Crippen molar-refractivity contribution < 1.29 is 14.3 Å². The topological polar surface area (TPSA) is 35.5 Å². The molecule has 0 aliphatic carbocycles. The van der Waals surface area contributed by atoms with Gasteiger partial charge in [0.05, 0.1) is 6.10 Å². The first-order chi connectivity index (χ1) is 5.99. The summed E-state index contributed by atoms with van der Waals surface area (Å²) in [5.74, 6) is -0.219. The highest BCUT2D eigenvalue weighted by molar-refractivity contribution is 5.66. The highest BCUT2D eigenvalue weighted by atomic mass is 16.6. The van der Waals surface area contributed by atoms with Crippen LogP contribution in [0, 0.1) is 0 Å². The Morgan fingerprint density at radius 1 is 1.62 bits per heavy atom. The average Bonchev–Trinajstić information content (AvgIpc) is 2.34. The zero-order valence-electron chi connectivity index (χ0n) is 8.63. The van der Waals surface area contributed by atoms with Crippen LogP contribution < -0.4 is 0 Å². The maximum atomic E-state index is 10.8. The van der Waals surface area contributed by atoms with E-state index in [1.165, 1.54) is 6.92 Å². The summed E-state index contributed by atoms with van der Waals surface area (Å²) in [6.07, 6.45) is 3.28. The van der Waals surface area contributed by atoms with E-state index < -0.39 is 0 Å². The molecule has 1 aliphatic rings. The molecule has 1 saturated heterocycles. The van der Waals surface area contributed by atoms with Crippen LogP contribution in [-0.2, 0) is 14.3 Å². The van der Waals surface area contributed by atoms with E-state index in [1.54, 1.807) is 0 Å². The number of rotatable bonds is 3. The molecule has 0 aromatic heterocycles. The van der Waals surface area contributed by atoms with Gasteiger partial charge < -0.3 is 9.47 Å². The van der Waals surface area contributed by atoms with Crippen LogP contribution in [0.25, 0.3) is 0 Å². The van der Waals surface area contributed by atoms with E-state index in [4.69, 9.17) is 9.47 Å². The van der Waals surface area contributed by atoms with Gasteiger partial charge in [0.25, 0.3) is 0 Å². The molecular weight excluding hydrogens is 168 g/mol. The maximum Gasteiger partial charge on any atom is 0.303 e. The SMILES string of the molecule is CC(=O)OC(C)(C)CC1CCCO1. The van der Waals surface area contributed by atoms with Gasteiger partial charge in [0.15, 0.2) is 0 Å². The third kappa shape index (κ3) is 3.77. The van der Waals surface area contributed by atoms with Gasteiger partial charge in [-0.25, -0.2) is 0 Å². The van der Waals surface area contributed by atoms with Crippen LogP contribution in [0.3, 0.4) is 0 Å². The van der Waals surface area contributed by atoms with Crippen LogP contribution in [0.2, 0.25) is 0 Å². The molecule has 13 heavy (non-hydrogen) atoms. The van der Waals surface area contributed by atoms with Crippen molar-refractivity contribution in [2.24, 2.45) is 0 Å². The number of carbonyl (C=O) groups is 1. The average molecular weight is 186 g/mol. The van der Waals surface area contributed by atoms with Crippen molar-refractivity contribution in [2.75, 3.05) is 6.61 Å². The molecule has 1 heterocycles. The molecule has 0 aromatic carbocycles. The van der Waals surface area contributed by atoms with Gasteiger partial charge in [0.2, 0.25) is 0 Å². The highest BCUT2D eigenvalue weighted by Crippen LogP contribution is 2.24. The van der Waals surface area contributed by atoms with Gasteiger partial charge in [-0.3, -0.25) is 4.79 Å². The summed E-state index contributed by atoms with van der Waals surface area (Å²) in [6.45, 7) is 6.14. The Balaban J connectivity index is 2.35. The molecule has 0 radical (unpaired) electrons. The summed E-state index contributed by atoms with van der Waals surface area (Å²) in [5, 5.41) is 0. The second kappa shape index (κ2) is 4.09. The number of esters is 1. The van der Waals surface area contributed by atoms with Crippen LogP contribution in [-0.4, -0.2) is 24.3 Å². The minimum absolute atomic E-state index is 0.219. The van der Waals surface area contributed by atoms with E-state index in [0.717, 1.165) is 25.9 Å². The van der Waals surface area contributed by atoms with Crippen molar-refractivity contribution in [1.82, 2.24) is 0 Å². The molecule has 0 bridgehead atoms. The Morgan fingerprint density at radius 3 is 2.77 bits per heavy atom. The molecule has 1 atom stereocenters. The van der Waals surface area contributed by atoms with Gasteiger partial charge in [0.1, 0.15) is 5.60 Å². The zero-order valence-corrected chi connectivity index (χ0v) is 8.63. The molecule has 0 amide bonds. The molecule has 1 fully saturated rings. The highest BCUT2D eigenvalue weighted by Gasteiger charge is 2.28. The fourth-order valence-electron chi connectivity index (χ4n) is 1.78. The predicted octanol–water partition coefficient (Wildman–Crippen LogP) is 1.90. The zero-order chi connectivity index (χ0) is 9.90. The number of carbonyl (C=O) groups excluding carboxylic acids is 1. The number of ether oxygens (including phenoxy) is 2. The van der Waals surface area contributed by atoms with Crippen LogP contribution >= 0.6 is 0 Å². The molecule has 0 aromatic rings. The van der Waals surface area contributed by atoms with Crippen LogP contribution in [0.1, 0.15) is 40.0 Å². The summed E-state index contributed by atoms with van der Waals surface area (Å²) in [5.41, 5.74) is -0.388. The van der Waals surface area contributed by atoms with E-state index >= 15 is 0 Å². The Hall–Kier alpha value is -0.570.